The number of nitro benzene ring substituents is 1. The lowest BCUT2D eigenvalue weighted by atomic mass is 10.1. The summed E-state index contributed by atoms with van der Waals surface area (Å²) in [5.74, 6) is 0.456. The highest BCUT2D eigenvalue weighted by Gasteiger charge is 2.07. The van der Waals surface area contributed by atoms with E-state index in [1.165, 1.54) is 36.4 Å². The maximum absolute atomic E-state index is 12.2. The first-order valence-electron chi connectivity index (χ1n) is 10.4. The summed E-state index contributed by atoms with van der Waals surface area (Å²) in [6.45, 7) is 2.85. The molecule has 0 saturated heterocycles. The van der Waals surface area contributed by atoms with Crippen LogP contribution in [-0.2, 0) is 11.4 Å². The molecule has 0 unspecified atom stereocenters. The molecule has 34 heavy (non-hydrogen) atoms. The van der Waals surface area contributed by atoms with Crippen LogP contribution in [0.1, 0.15) is 28.4 Å². The summed E-state index contributed by atoms with van der Waals surface area (Å²) in [4.78, 5) is 34.3. The van der Waals surface area contributed by atoms with Crippen LogP contribution in [0, 0.1) is 10.1 Å². The zero-order valence-corrected chi connectivity index (χ0v) is 18.4. The lowest BCUT2D eigenvalue weighted by molar-refractivity contribution is -0.384. The van der Waals surface area contributed by atoms with E-state index in [1.54, 1.807) is 24.3 Å². The summed E-state index contributed by atoms with van der Waals surface area (Å²) in [5.41, 5.74) is 6.42. The van der Waals surface area contributed by atoms with Gasteiger partial charge in [-0.1, -0.05) is 12.1 Å². The minimum atomic E-state index is -0.549. The minimum absolute atomic E-state index is 0.0392. The van der Waals surface area contributed by atoms with E-state index in [0.717, 1.165) is 11.3 Å². The van der Waals surface area contributed by atoms with Gasteiger partial charge in [0.15, 0.2) is 0 Å². The van der Waals surface area contributed by atoms with Crippen molar-refractivity contribution in [3.8, 4) is 11.5 Å². The van der Waals surface area contributed by atoms with Gasteiger partial charge in [0.1, 0.15) is 18.1 Å². The number of ether oxygens (including phenoxy) is 2. The molecule has 3 rings (SSSR count). The Morgan fingerprint density at radius 2 is 1.50 bits per heavy atom. The van der Waals surface area contributed by atoms with Gasteiger partial charge in [0, 0.05) is 23.8 Å². The normalized spacial score (nSPS) is 10.5. The molecule has 0 aliphatic carbocycles. The maximum Gasteiger partial charge on any atom is 0.269 e. The third-order valence-electron chi connectivity index (χ3n) is 4.59. The monoisotopic (exact) mass is 461 g/mol. The van der Waals surface area contributed by atoms with Gasteiger partial charge in [0.2, 0.25) is 0 Å². The standard InChI is InChI=1S/C25H23N3O6/c1-2-33-22-12-14-23(15-13-22)34-17-19-3-8-20(9-4-19)25(30)27-26-24(29)16-7-18-5-10-21(11-6-18)28(31)32/h3-16H,2,17H2,1H3,(H,26,29)(H,27,30)/b16-7+. The number of nitro groups is 1. The van der Waals surface area contributed by atoms with Gasteiger partial charge in [-0.15, -0.1) is 0 Å². The first kappa shape index (κ1) is 24.0. The molecule has 0 heterocycles. The predicted octanol–water partition coefficient (Wildman–Crippen LogP) is 4.05. The second-order valence-electron chi connectivity index (χ2n) is 7.02. The van der Waals surface area contributed by atoms with E-state index in [2.05, 4.69) is 10.9 Å². The minimum Gasteiger partial charge on any atom is -0.494 e. The van der Waals surface area contributed by atoms with E-state index in [9.17, 15) is 19.7 Å². The fourth-order valence-corrected chi connectivity index (χ4v) is 2.83. The Hall–Kier alpha value is -4.66. The number of nitrogens with zero attached hydrogens (tertiary/aromatic N) is 1. The van der Waals surface area contributed by atoms with Gasteiger partial charge < -0.3 is 9.47 Å². The summed E-state index contributed by atoms with van der Waals surface area (Å²) < 4.78 is 11.1. The molecule has 9 heteroatoms. The van der Waals surface area contributed by atoms with Crippen LogP contribution >= 0.6 is 0 Å². The molecular formula is C25H23N3O6. The van der Waals surface area contributed by atoms with Crippen molar-refractivity contribution in [2.75, 3.05) is 6.61 Å². The molecule has 0 aliphatic rings. The summed E-state index contributed by atoms with van der Waals surface area (Å²) in [6.07, 6.45) is 2.69. The van der Waals surface area contributed by atoms with Crippen molar-refractivity contribution < 1.29 is 24.0 Å². The number of hydrazine groups is 1. The Bertz CT molecular complexity index is 1160. The molecule has 0 fully saturated rings. The number of carbonyl (C=O) groups excluding carboxylic acids is 2. The van der Waals surface area contributed by atoms with Crippen LogP contribution in [0.25, 0.3) is 6.08 Å². The molecule has 174 valence electrons. The van der Waals surface area contributed by atoms with Gasteiger partial charge in [0.25, 0.3) is 17.5 Å². The van der Waals surface area contributed by atoms with E-state index < -0.39 is 16.7 Å². The highest BCUT2D eigenvalue weighted by atomic mass is 16.6. The molecule has 2 N–H and O–H groups in total. The number of nitrogens with one attached hydrogen (secondary N) is 2. The Kier molecular flexibility index (Phi) is 8.34. The van der Waals surface area contributed by atoms with Crippen LogP contribution in [0.3, 0.4) is 0 Å². The molecule has 0 atom stereocenters. The predicted molar refractivity (Wildman–Crippen MR) is 126 cm³/mol. The lowest BCUT2D eigenvalue weighted by Crippen LogP contribution is -2.40. The van der Waals surface area contributed by atoms with Crippen LogP contribution < -0.4 is 20.3 Å². The van der Waals surface area contributed by atoms with Crippen LogP contribution in [-0.4, -0.2) is 23.3 Å². The molecule has 2 amide bonds. The van der Waals surface area contributed by atoms with E-state index in [1.807, 2.05) is 31.2 Å². The number of amides is 2. The first-order valence-corrected chi connectivity index (χ1v) is 10.4. The van der Waals surface area contributed by atoms with E-state index >= 15 is 0 Å². The zero-order valence-electron chi connectivity index (χ0n) is 18.4. The number of benzene rings is 3. The number of hydrogen-bond acceptors (Lipinski definition) is 6. The molecule has 0 radical (unpaired) electrons. The number of carbonyl (C=O) groups is 2. The quantitative estimate of drug-likeness (QED) is 0.282. The third kappa shape index (κ3) is 7.20. The van der Waals surface area contributed by atoms with Crippen molar-refractivity contribution in [2.45, 2.75) is 13.5 Å². The van der Waals surface area contributed by atoms with E-state index in [4.69, 9.17) is 9.47 Å². The highest BCUT2D eigenvalue weighted by molar-refractivity contribution is 5.97. The molecular weight excluding hydrogens is 438 g/mol. The molecule has 0 spiro atoms. The molecule has 3 aromatic rings. The SMILES string of the molecule is CCOc1ccc(OCc2ccc(C(=O)NNC(=O)/C=C/c3ccc([N+](=O)[O-])cc3)cc2)cc1. The van der Waals surface area contributed by atoms with Crippen LogP contribution in [0.2, 0.25) is 0 Å². The van der Waals surface area contributed by atoms with Crippen LogP contribution in [0.4, 0.5) is 5.69 Å². The van der Waals surface area contributed by atoms with Gasteiger partial charge >= 0.3 is 0 Å². The maximum atomic E-state index is 12.2. The molecule has 0 bridgehead atoms. The average Bonchev–Trinajstić information content (AvgIpc) is 2.86. The van der Waals surface area contributed by atoms with Crippen molar-refractivity contribution in [3.63, 3.8) is 0 Å². The smallest absolute Gasteiger partial charge is 0.269 e. The van der Waals surface area contributed by atoms with Crippen LogP contribution in [0.15, 0.2) is 78.9 Å². The molecule has 0 aliphatic heterocycles. The zero-order chi connectivity index (χ0) is 24.3. The van der Waals surface area contributed by atoms with E-state index in [0.29, 0.717) is 30.1 Å². The fourth-order valence-electron chi connectivity index (χ4n) is 2.83. The largest absolute Gasteiger partial charge is 0.494 e. The summed E-state index contributed by atoms with van der Waals surface area (Å²) in [6, 6.07) is 19.8. The van der Waals surface area contributed by atoms with Crippen molar-refractivity contribution in [1.82, 2.24) is 10.9 Å². The highest BCUT2D eigenvalue weighted by Crippen LogP contribution is 2.19. The first-order chi connectivity index (χ1) is 16.4. The Morgan fingerprint density at radius 3 is 2.09 bits per heavy atom. The Balaban J connectivity index is 1.44. The Labute approximate surface area is 196 Å². The average molecular weight is 461 g/mol. The Morgan fingerprint density at radius 1 is 0.882 bits per heavy atom. The second kappa shape index (κ2) is 11.8. The number of rotatable bonds is 9. The topological polar surface area (TPSA) is 120 Å². The second-order valence-corrected chi connectivity index (χ2v) is 7.02. The molecule has 0 saturated carbocycles. The summed E-state index contributed by atoms with van der Waals surface area (Å²) in [7, 11) is 0. The van der Waals surface area contributed by atoms with Crippen molar-refractivity contribution in [2.24, 2.45) is 0 Å². The third-order valence-corrected chi connectivity index (χ3v) is 4.59. The lowest BCUT2D eigenvalue weighted by Gasteiger charge is -2.09. The van der Waals surface area contributed by atoms with Gasteiger partial charge in [-0.25, -0.2) is 0 Å². The fraction of sp³-hybridized carbons (Fsp3) is 0.120. The van der Waals surface area contributed by atoms with Crippen LogP contribution in [0.5, 0.6) is 11.5 Å². The van der Waals surface area contributed by atoms with E-state index in [-0.39, 0.29) is 5.69 Å². The number of non-ortho nitro benzene ring substituents is 1. The van der Waals surface area contributed by atoms with Gasteiger partial charge in [-0.3, -0.25) is 30.6 Å². The number of hydrogen-bond donors (Lipinski definition) is 2. The van der Waals surface area contributed by atoms with Gasteiger partial charge in [-0.2, -0.15) is 0 Å². The van der Waals surface area contributed by atoms with Crippen molar-refractivity contribution in [3.05, 3.63) is 106 Å². The summed E-state index contributed by atoms with van der Waals surface area (Å²) >= 11 is 0. The van der Waals surface area contributed by atoms with Crippen molar-refractivity contribution in [1.29, 1.82) is 0 Å². The van der Waals surface area contributed by atoms with Gasteiger partial charge in [0.05, 0.1) is 11.5 Å². The van der Waals surface area contributed by atoms with Crippen molar-refractivity contribution >= 4 is 23.6 Å². The molecule has 3 aromatic carbocycles. The molecule has 9 nitrogen and oxygen atoms in total. The van der Waals surface area contributed by atoms with Gasteiger partial charge in [-0.05, 0) is 72.7 Å². The molecule has 0 aromatic heterocycles. The summed E-state index contributed by atoms with van der Waals surface area (Å²) in [5, 5.41) is 10.7.